The second-order valence-corrected chi connectivity index (χ2v) is 7.56. The topological polar surface area (TPSA) is 78.5 Å². The summed E-state index contributed by atoms with van der Waals surface area (Å²) in [5.41, 5.74) is 1.42. The average molecular weight is 356 g/mol. The molecule has 136 valence electrons. The summed E-state index contributed by atoms with van der Waals surface area (Å²) in [6, 6.07) is 7.18. The second-order valence-electron chi connectivity index (χ2n) is 5.81. The first-order chi connectivity index (χ1) is 11.4. The number of hydrogen-bond acceptors (Lipinski definition) is 4. The van der Waals surface area contributed by atoms with Crippen LogP contribution in [0, 0.1) is 0 Å². The van der Waals surface area contributed by atoms with E-state index >= 15 is 0 Å². The van der Waals surface area contributed by atoms with E-state index in [1.165, 1.54) is 0 Å². The Kier molecular flexibility index (Phi) is 8.60. The molecule has 1 aromatic carbocycles. The molecule has 0 atom stereocenters. The van der Waals surface area contributed by atoms with E-state index in [0.29, 0.717) is 12.1 Å². The van der Waals surface area contributed by atoms with Crippen LogP contribution in [0.5, 0.6) is 0 Å². The number of rotatable bonds is 11. The maximum atomic E-state index is 11.9. The molecule has 6 nitrogen and oxygen atoms in total. The van der Waals surface area contributed by atoms with Crippen molar-refractivity contribution >= 4 is 27.3 Å². The van der Waals surface area contributed by atoms with E-state index in [1.54, 1.807) is 18.2 Å². The number of carbonyl (C=O) groups excluding carboxylic acids is 1. The van der Waals surface area contributed by atoms with Gasteiger partial charge in [0, 0.05) is 31.7 Å². The van der Waals surface area contributed by atoms with E-state index in [0.717, 1.165) is 50.8 Å². The molecular formula is C17H29N3O3S. The minimum Gasteiger partial charge on any atom is -0.385 e. The maximum Gasteiger partial charge on any atom is 0.229 e. The van der Waals surface area contributed by atoms with Crippen LogP contribution in [0.1, 0.15) is 39.5 Å². The molecule has 0 aliphatic heterocycles. The molecule has 1 amide bonds. The molecule has 0 radical (unpaired) electrons. The zero-order valence-electron chi connectivity index (χ0n) is 14.8. The highest BCUT2D eigenvalue weighted by Gasteiger charge is 2.09. The zero-order valence-corrected chi connectivity index (χ0v) is 15.7. The molecule has 2 N–H and O–H groups in total. The summed E-state index contributed by atoms with van der Waals surface area (Å²) < 4.78 is 24.9. The van der Waals surface area contributed by atoms with Crippen molar-refractivity contribution in [3.05, 3.63) is 24.3 Å². The Hall–Kier alpha value is -1.76. The molecule has 0 aromatic heterocycles. The van der Waals surface area contributed by atoms with Crippen LogP contribution in [-0.4, -0.2) is 45.1 Å². The summed E-state index contributed by atoms with van der Waals surface area (Å²) in [5.74, 6) is 0.229. The van der Waals surface area contributed by atoms with Gasteiger partial charge in [-0.1, -0.05) is 13.0 Å². The summed E-state index contributed by atoms with van der Waals surface area (Å²) in [4.78, 5) is 13.8. The minimum atomic E-state index is -3.26. The van der Waals surface area contributed by atoms with Crippen molar-refractivity contribution < 1.29 is 13.2 Å². The monoisotopic (exact) mass is 355 g/mol. The van der Waals surface area contributed by atoms with Crippen LogP contribution in [0.4, 0.5) is 11.4 Å². The second kappa shape index (κ2) is 10.2. The Bertz CT molecular complexity index is 617. The SMILES string of the molecule is CCCC(=O)N(CC)CCCCNc1cccc(NS(C)(=O)=O)c1. The number of anilines is 2. The largest absolute Gasteiger partial charge is 0.385 e. The van der Waals surface area contributed by atoms with E-state index in [9.17, 15) is 13.2 Å². The van der Waals surface area contributed by atoms with Gasteiger partial charge >= 0.3 is 0 Å². The fourth-order valence-electron chi connectivity index (χ4n) is 2.40. The third kappa shape index (κ3) is 8.19. The van der Waals surface area contributed by atoms with Crippen molar-refractivity contribution in [2.24, 2.45) is 0 Å². The van der Waals surface area contributed by atoms with Crippen LogP contribution in [-0.2, 0) is 14.8 Å². The number of nitrogens with one attached hydrogen (secondary N) is 2. The molecule has 0 saturated carbocycles. The van der Waals surface area contributed by atoms with E-state index < -0.39 is 10.0 Å². The van der Waals surface area contributed by atoms with E-state index in [2.05, 4.69) is 10.0 Å². The number of nitrogens with zero attached hydrogens (tertiary/aromatic N) is 1. The highest BCUT2D eigenvalue weighted by Crippen LogP contribution is 2.16. The average Bonchev–Trinajstić information content (AvgIpc) is 2.49. The number of sulfonamides is 1. The van der Waals surface area contributed by atoms with E-state index in [1.807, 2.05) is 24.8 Å². The molecule has 1 rings (SSSR count). The van der Waals surface area contributed by atoms with Gasteiger partial charge in [0.2, 0.25) is 15.9 Å². The summed E-state index contributed by atoms with van der Waals surface area (Å²) in [5, 5.41) is 3.28. The van der Waals surface area contributed by atoms with Crippen molar-refractivity contribution in [2.45, 2.75) is 39.5 Å². The first-order valence-electron chi connectivity index (χ1n) is 8.45. The lowest BCUT2D eigenvalue weighted by Gasteiger charge is -2.20. The first kappa shape index (κ1) is 20.3. The lowest BCUT2D eigenvalue weighted by Crippen LogP contribution is -2.31. The molecule has 24 heavy (non-hydrogen) atoms. The number of unbranched alkanes of at least 4 members (excludes halogenated alkanes) is 1. The molecule has 0 heterocycles. The Morgan fingerprint density at radius 3 is 2.50 bits per heavy atom. The predicted molar refractivity (Wildman–Crippen MR) is 99.8 cm³/mol. The molecule has 0 unspecified atom stereocenters. The van der Waals surface area contributed by atoms with Gasteiger partial charge in [-0.15, -0.1) is 0 Å². The van der Waals surface area contributed by atoms with Gasteiger partial charge in [0.05, 0.1) is 11.9 Å². The van der Waals surface area contributed by atoms with Gasteiger partial charge in [-0.3, -0.25) is 9.52 Å². The standard InChI is InChI=1S/C17H29N3O3S/c1-4-9-17(21)20(5-2)13-7-6-12-18-15-10-8-11-16(14-15)19-24(3,22)23/h8,10-11,14,18-19H,4-7,9,12-13H2,1-3H3. The number of carbonyl (C=O) groups is 1. The van der Waals surface area contributed by atoms with Crippen molar-refractivity contribution in [3.63, 3.8) is 0 Å². The lowest BCUT2D eigenvalue weighted by molar-refractivity contribution is -0.131. The van der Waals surface area contributed by atoms with Crippen LogP contribution in [0.3, 0.4) is 0 Å². The van der Waals surface area contributed by atoms with Gasteiger partial charge in [-0.2, -0.15) is 0 Å². The van der Waals surface area contributed by atoms with Crippen LogP contribution in [0.25, 0.3) is 0 Å². The number of benzene rings is 1. The molecule has 7 heteroatoms. The summed E-state index contributed by atoms with van der Waals surface area (Å²) >= 11 is 0. The van der Waals surface area contributed by atoms with Crippen LogP contribution < -0.4 is 10.0 Å². The van der Waals surface area contributed by atoms with Gasteiger partial charge < -0.3 is 10.2 Å². The van der Waals surface area contributed by atoms with E-state index in [-0.39, 0.29) is 5.91 Å². The molecule has 0 aliphatic rings. The summed E-state index contributed by atoms with van der Waals surface area (Å²) in [6.07, 6.45) is 4.52. The predicted octanol–water partition coefficient (Wildman–Crippen LogP) is 2.90. The normalized spacial score (nSPS) is 11.1. The molecule has 0 saturated heterocycles. The summed E-state index contributed by atoms with van der Waals surface area (Å²) in [6.45, 7) is 6.34. The Labute approximate surface area is 145 Å². The maximum absolute atomic E-state index is 11.9. The van der Waals surface area contributed by atoms with Crippen molar-refractivity contribution in [1.82, 2.24) is 4.90 Å². The lowest BCUT2D eigenvalue weighted by atomic mass is 10.2. The van der Waals surface area contributed by atoms with Gasteiger partial charge in [0.25, 0.3) is 0 Å². The van der Waals surface area contributed by atoms with Gasteiger partial charge in [0.15, 0.2) is 0 Å². The highest BCUT2D eigenvalue weighted by molar-refractivity contribution is 7.92. The Morgan fingerprint density at radius 1 is 1.17 bits per heavy atom. The molecule has 1 aromatic rings. The fourth-order valence-corrected chi connectivity index (χ4v) is 2.95. The quantitative estimate of drug-likeness (QED) is 0.598. The van der Waals surface area contributed by atoms with Crippen molar-refractivity contribution in [2.75, 3.05) is 35.9 Å². The van der Waals surface area contributed by atoms with Crippen molar-refractivity contribution in [1.29, 1.82) is 0 Å². The number of hydrogen-bond donors (Lipinski definition) is 2. The highest BCUT2D eigenvalue weighted by atomic mass is 32.2. The third-order valence-corrected chi connectivity index (χ3v) is 4.15. The molecule has 0 fully saturated rings. The minimum absolute atomic E-state index is 0.229. The van der Waals surface area contributed by atoms with Crippen LogP contribution in [0.15, 0.2) is 24.3 Å². The van der Waals surface area contributed by atoms with Gasteiger partial charge in [-0.05, 0) is 44.4 Å². The third-order valence-electron chi connectivity index (χ3n) is 3.55. The molecular weight excluding hydrogens is 326 g/mol. The van der Waals surface area contributed by atoms with E-state index in [4.69, 9.17) is 0 Å². The zero-order chi connectivity index (χ0) is 18.0. The molecule has 0 aliphatic carbocycles. The fraction of sp³-hybridized carbons (Fsp3) is 0.588. The Morgan fingerprint density at radius 2 is 1.88 bits per heavy atom. The van der Waals surface area contributed by atoms with Crippen LogP contribution >= 0.6 is 0 Å². The van der Waals surface area contributed by atoms with Gasteiger partial charge in [0.1, 0.15) is 0 Å². The molecule has 0 bridgehead atoms. The Balaban J connectivity index is 2.35. The smallest absolute Gasteiger partial charge is 0.229 e. The van der Waals surface area contributed by atoms with Gasteiger partial charge in [-0.25, -0.2) is 8.42 Å². The first-order valence-corrected chi connectivity index (χ1v) is 10.3. The summed E-state index contributed by atoms with van der Waals surface area (Å²) in [7, 11) is -3.26. The van der Waals surface area contributed by atoms with Crippen molar-refractivity contribution in [3.8, 4) is 0 Å². The molecule has 0 spiro atoms. The number of amides is 1. The van der Waals surface area contributed by atoms with Crippen LogP contribution in [0.2, 0.25) is 0 Å².